The highest BCUT2D eigenvalue weighted by atomic mass is 16.5. The Balaban J connectivity index is 2.36. The maximum absolute atomic E-state index is 12.9. The van der Waals surface area contributed by atoms with Gasteiger partial charge in [0, 0.05) is 13.1 Å². The first-order chi connectivity index (χ1) is 12.5. The third-order valence-electron chi connectivity index (χ3n) is 4.57. The zero-order valence-corrected chi connectivity index (χ0v) is 15.7. The highest BCUT2D eigenvalue weighted by Gasteiger charge is 2.27. The summed E-state index contributed by atoms with van der Waals surface area (Å²) in [6.45, 7) is 7.76. The Labute approximate surface area is 152 Å². The van der Waals surface area contributed by atoms with Gasteiger partial charge in [-0.05, 0) is 12.8 Å². The molecule has 4 N–H and O–H groups in total. The number of nitrogen functional groups attached to an aromatic ring is 1. The second-order valence-corrected chi connectivity index (χ2v) is 6.58. The molecule has 0 saturated carbocycles. The predicted molar refractivity (Wildman–Crippen MR) is 99.7 cm³/mol. The smallest absolute Gasteiger partial charge is 0.330 e. The number of rotatable bonds is 8. The molecule has 0 unspecified atom stereocenters. The van der Waals surface area contributed by atoms with Gasteiger partial charge < -0.3 is 15.4 Å². The normalized spacial score (nSPS) is 15.2. The molecule has 2 heterocycles. The highest BCUT2D eigenvalue weighted by molar-refractivity contribution is 5.96. The van der Waals surface area contributed by atoms with Crippen LogP contribution in [-0.2, 0) is 16.1 Å². The molecule has 1 aromatic rings. The molecule has 1 saturated heterocycles. The Morgan fingerprint density at radius 2 is 1.96 bits per heavy atom. The number of aromatic nitrogens is 2. The van der Waals surface area contributed by atoms with E-state index in [1.807, 2.05) is 13.8 Å². The summed E-state index contributed by atoms with van der Waals surface area (Å²) >= 11 is 0. The summed E-state index contributed by atoms with van der Waals surface area (Å²) in [5.74, 6) is -0.101. The van der Waals surface area contributed by atoms with Crippen molar-refractivity contribution in [2.45, 2.75) is 39.7 Å². The molecule has 0 radical (unpaired) electrons. The fraction of sp³-hybridized carbons (Fsp3) is 0.706. The molecule has 1 aliphatic heterocycles. The molecule has 1 amide bonds. The van der Waals surface area contributed by atoms with Crippen molar-refractivity contribution in [2.24, 2.45) is 0 Å². The second-order valence-electron chi connectivity index (χ2n) is 6.58. The number of amides is 1. The van der Waals surface area contributed by atoms with Crippen LogP contribution in [0.5, 0.6) is 0 Å². The minimum atomic E-state index is -0.610. The van der Waals surface area contributed by atoms with Gasteiger partial charge in [-0.3, -0.25) is 24.0 Å². The Kier molecular flexibility index (Phi) is 7.40. The summed E-state index contributed by atoms with van der Waals surface area (Å²) in [4.78, 5) is 42.3. The van der Waals surface area contributed by atoms with Gasteiger partial charge in [0.25, 0.3) is 11.5 Å². The number of hydrogen-bond donors (Lipinski definition) is 3. The van der Waals surface area contributed by atoms with Gasteiger partial charge >= 0.3 is 5.69 Å². The molecule has 0 aliphatic carbocycles. The first-order valence-electron chi connectivity index (χ1n) is 9.33. The van der Waals surface area contributed by atoms with E-state index in [0.29, 0.717) is 32.7 Å². The maximum Gasteiger partial charge on any atom is 0.330 e. The standard InChI is InChI=1S/C17H29N5O4/c1-3-5-7-21(13(23)12-20-8-10-26-11-9-20)14-15(18)22(6-4-2)17(25)19-16(14)24/h3-12,18H2,1-2H3,(H,19,24,25)/p+1. The topological polar surface area (TPSA) is 115 Å². The number of ether oxygens (including phenoxy) is 1. The van der Waals surface area contributed by atoms with Crippen molar-refractivity contribution in [2.75, 3.05) is 50.0 Å². The number of H-pyrrole nitrogens is 1. The summed E-state index contributed by atoms with van der Waals surface area (Å²) < 4.78 is 6.65. The largest absolute Gasteiger partial charge is 0.383 e. The number of hydrogen-bond acceptors (Lipinski definition) is 5. The lowest BCUT2D eigenvalue weighted by Gasteiger charge is -2.28. The molecule has 1 aromatic heterocycles. The van der Waals surface area contributed by atoms with Gasteiger partial charge in [-0.25, -0.2) is 4.79 Å². The molecule has 0 bridgehead atoms. The van der Waals surface area contributed by atoms with Crippen LogP contribution in [0, 0.1) is 0 Å². The summed E-state index contributed by atoms with van der Waals surface area (Å²) in [5, 5.41) is 0. The van der Waals surface area contributed by atoms with Gasteiger partial charge in [-0.1, -0.05) is 20.3 Å². The molecule has 26 heavy (non-hydrogen) atoms. The Hall–Kier alpha value is -2.13. The van der Waals surface area contributed by atoms with Crippen LogP contribution in [0.2, 0.25) is 0 Å². The zero-order chi connectivity index (χ0) is 19.1. The molecule has 146 valence electrons. The van der Waals surface area contributed by atoms with Gasteiger partial charge in [0.1, 0.15) is 18.9 Å². The van der Waals surface area contributed by atoms with E-state index >= 15 is 0 Å². The molecule has 1 aliphatic rings. The van der Waals surface area contributed by atoms with Crippen molar-refractivity contribution in [1.82, 2.24) is 9.55 Å². The summed E-state index contributed by atoms with van der Waals surface area (Å²) in [6.07, 6.45) is 2.31. The number of nitrogens with one attached hydrogen (secondary N) is 2. The van der Waals surface area contributed by atoms with Crippen LogP contribution in [0.25, 0.3) is 0 Å². The minimum Gasteiger partial charge on any atom is -0.383 e. The first kappa shape index (κ1) is 20.2. The molecular formula is C17H30N5O4+. The number of anilines is 2. The molecule has 1 fully saturated rings. The first-order valence-corrected chi connectivity index (χ1v) is 9.33. The lowest BCUT2D eigenvalue weighted by molar-refractivity contribution is -0.900. The van der Waals surface area contributed by atoms with Gasteiger partial charge in [0.2, 0.25) is 0 Å². The van der Waals surface area contributed by atoms with Crippen LogP contribution >= 0.6 is 0 Å². The number of unbranched alkanes of at least 4 members (excludes halogenated alkanes) is 1. The predicted octanol–water partition coefficient (Wildman–Crippen LogP) is -1.42. The van der Waals surface area contributed by atoms with Crippen LogP contribution in [-0.4, -0.2) is 54.9 Å². The number of morpholine rings is 1. The number of quaternary nitrogens is 1. The number of nitrogens with two attached hydrogens (primary N) is 1. The van der Waals surface area contributed by atoms with Gasteiger partial charge in [0.05, 0.1) is 13.2 Å². The average Bonchev–Trinajstić information content (AvgIpc) is 2.62. The monoisotopic (exact) mass is 368 g/mol. The number of aromatic amines is 1. The molecule has 0 atom stereocenters. The SMILES string of the molecule is CCCCN(C(=O)C[NH+]1CCOCC1)c1c(N)n(CCC)c(=O)[nH]c1=O. The van der Waals surface area contributed by atoms with E-state index in [1.165, 1.54) is 9.47 Å². The average molecular weight is 368 g/mol. The van der Waals surface area contributed by atoms with Crippen molar-refractivity contribution in [3.63, 3.8) is 0 Å². The molecular weight excluding hydrogens is 338 g/mol. The third-order valence-corrected chi connectivity index (χ3v) is 4.57. The van der Waals surface area contributed by atoms with E-state index in [2.05, 4.69) is 4.98 Å². The van der Waals surface area contributed by atoms with E-state index in [-0.39, 0.29) is 24.0 Å². The van der Waals surface area contributed by atoms with Crippen LogP contribution in [0.1, 0.15) is 33.1 Å². The van der Waals surface area contributed by atoms with Crippen LogP contribution in [0.15, 0.2) is 9.59 Å². The molecule has 0 spiro atoms. The summed E-state index contributed by atoms with van der Waals surface area (Å²) in [7, 11) is 0. The maximum atomic E-state index is 12.9. The van der Waals surface area contributed by atoms with E-state index < -0.39 is 11.2 Å². The van der Waals surface area contributed by atoms with E-state index in [4.69, 9.17) is 10.5 Å². The van der Waals surface area contributed by atoms with Crippen LogP contribution in [0.3, 0.4) is 0 Å². The summed E-state index contributed by atoms with van der Waals surface area (Å²) in [6, 6.07) is 0. The second kappa shape index (κ2) is 9.54. The quantitative estimate of drug-likeness (QED) is 0.521. The van der Waals surface area contributed by atoms with Gasteiger partial charge in [-0.2, -0.15) is 0 Å². The van der Waals surface area contributed by atoms with Crippen LogP contribution in [0.4, 0.5) is 11.5 Å². The lowest BCUT2D eigenvalue weighted by atomic mass is 10.2. The Morgan fingerprint density at radius 1 is 1.27 bits per heavy atom. The fourth-order valence-electron chi connectivity index (χ4n) is 3.11. The third kappa shape index (κ3) is 4.73. The highest BCUT2D eigenvalue weighted by Crippen LogP contribution is 2.17. The van der Waals surface area contributed by atoms with Crippen molar-refractivity contribution in [3.05, 3.63) is 20.8 Å². The lowest BCUT2D eigenvalue weighted by Crippen LogP contribution is -3.15. The van der Waals surface area contributed by atoms with E-state index in [9.17, 15) is 14.4 Å². The van der Waals surface area contributed by atoms with Crippen molar-refractivity contribution < 1.29 is 14.4 Å². The molecule has 2 rings (SSSR count). The molecule has 0 aromatic carbocycles. The molecule has 9 heteroatoms. The minimum absolute atomic E-state index is 0.0574. The number of carbonyl (C=O) groups excluding carboxylic acids is 1. The summed E-state index contributed by atoms with van der Waals surface area (Å²) in [5.41, 5.74) is 5.07. The van der Waals surface area contributed by atoms with Crippen molar-refractivity contribution in [3.8, 4) is 0 Å². The number of carbonyl (C=O) groups is 1. The van der Waals surface area contributed by atoms with Crippen molar-refractivity contribution >= 4 is 17.4 Å². The van der Waals surface area contributed by atoms with Crippen LogP contribution < -0.4 is 26.8 Å². The van der Waals surface area contributed by atoms with E-state index in [0.717, 1.165) is 30.8 Å². The van der Waals surface area contributed by atoms with Gasteiger partial charge in [0.15, 0.2) is 12.2 Å². The Morgan fingerprint density at radius 3 is 2.58 bits per heavy atom. The zero-order valence-electron chi connectivity index (χ0n) is 15.7. The van der Waals surface area contributed by atoms with E-state index in [1.54, 1.807) is 0 Å². The fourth-order valence-corrected chi connectivity index (χ4v) is 3.11. The number of nitrogens with zero attached hydrogens (tertiary/aromatic N) is 2. The Bertz CT molecular complexity index is 721. The van der Waals surface area contributed by atoms with Crippen molar-refractivity contribution in [1.29, 1.82) is 0 Å². The molecule has 9 nitrogen and oxygen atoms in total. The van der Waals surface area contributed by atoms with Gasteiger partial charge in [-0.15, -0.1) is 0 Å².